The Labute approximate surface area is 159 Å². The molecular formula is C23H24O4. The lowest BCUT2D eigenvalue weighted by atomic mass is 9.73. The maximum atomic E-state index is 12.9. The highest BCUT2D eigenvalue weighted by molar-refractivity contribution is 6.10. The molecule has 0 saturated carbocycles. The predicted octanol–water partition coefficient (Wildman–Crippen LogP) is 4.32. The molecule has 2 aromatic rings. The second-order valence-electron chi connectivity index (χ2n) is 6.75. The van der Waals surface area contributed by atoms with Crippen LogP contribution in [0.25, 0.3) is 5.57 Å². The lowest BCUT2D eigenvalue weighted by Crippen LogP contribution is -2.34. The number of ketones is 1. The number of allylic oxidation sites excluding steroid dienone is 2. The Morgan fingerprint density at radius 2 is 1.89 bits per heavy atom. The zero-order valence-electron chi connectivity index (χ0n) is 15.9. The minimum Gasteiger partial charge on any atom is -0.497 e. The molecule has 27 heavy (non-hydrogen) atoms. The van der Waals surface area contributed by atoms with Crippen molar-refractivity contribution in [1.29, 1.82) is 0 Å². The molecule has 4 heteroatoms. The van der Waals surface area contributed by atoms with Gasteiger partial charge in [-0.25, -0.2) is 0 Å². The van der Waals surface area contributed by atoms with Crippen molar-refractivity contribution >= 4 is 17.3 Å². The van der Waals surface area contributed by atoms with Gasteiger partial charge < -0.3 is 9.47 Å². The molecule has 0 aromatic heterocycles. The summed E-state index contributed by atoms with van der Waals surface area (Å²) in [6.07, 6.45) is 2.21. The number of ether oxygens (including phenoxy) is 2. The van der Waals surface area contributed by atoms with Crippen LogP contribution in [0.3, 0.4) is 0 Å². The van der Waals surface area contributed by atoms with Gasteiger partial charge in [-0.1, -0.05) is 42.0 Å². The molecule has 0 amide bonds. The molecule has 0 fully saturated rings. The van der Waals surface area contributed by atoms with Crippen LogP contribution in [0.5, 0.6) is 5.75 Å². The van der Waals surface area contributed by atoms with E-state index < -0.39 is 11.9 Å². The summed E-state index contributed by atoms with van der Waals surface area (Å²) in [5.41, 5.74) is 4.03. The molecule has 0 saturated heterocycles. The van der Waals surface area contributed by atoms with Gasteiger partial charge in [0.25, 0.3) is 0 Å². The quantitative estimate of drug-likeness (QED) is 0.586. The van der Waals surface area contributed by atoms with Crippen LogP contribution in [0.1, 0.15) is 36.0 Å². The molecule has 1 aliphatic rings. The monoisotopic (exact) mass is 364 g/mol. The minimum absolute atomic E-state index is 0.197. The molecule has 3 rings (SSSR count). The largest absolute Gasteiger partial charge is 0.497 e. The number of hydrogen-bond donors (Lipinski definition) is 0. The molecular weight excluding hydrogens is 340 g/mol. The number of carbonyl (C=O) groups excluding carboxylic acids is 2. The molecule has 2 atom stereocenters. The van der Waals surface area contributed by atoms with Crippen molar-refractivity contribution < 1.29 is 19.1 Å². The molecule has 0 spiro atoms. The first-order valence-electron chi connectivity index (χ1n) is 9.15. The first-order valence-corrected chi connectivity index (χ1v) is 9.15. The van der Waals surface area contributed by atoms with E-state index in [-0.39, 0.29) is 18.3 Å². The number of hydrogen-bond acceptors (Lipinski definition) is 4. The summed E-state index contributed by atoms with van der Waals surface area (Å²) in [6, 6.07) is 15.6. The van der Waals surface area contributed by atoms with E-state index >= 15 is 0 Å². The summed E-state index contributed by atoms with van der Waals surface area (Å²) in [5.74, 6) is -0.988. The molecule has 0 aliphatic heterocycles. The fourth-order valence-electron chi connectivity index (χ4n) is 3.59. The summed E-state index contributed by atoms with van der Waals surface area (Å²) in [4.78, 5) is 25.4. The van der Waals surface area contributed by atoms with Crippen molar-refractivity contribution in [3.8, 4) is 5.75 Å². The maximum Gasteiger partial charge on any atom is 0.317 e. The fourth-order valence-corrected chi connectivity index (χ4v) is 3.59. The van der Waals surface area contributed by atoms with Crippen molar-refractivity contribution in [3.05, 3.63) is 71.3 Å². The van der Waals surface area contributed by atoms with Crippen LogP contribution in [-0.4, -0.2) is 25.5 Å². The number of methoxy groups -OCH3 is 1. The molecule has 0 radical (unpaired) electrons. The van der Waals surface area contributed by atoms with Gasteiger partial charge in [-0.2, -0.15) is 0 Å². The van der Waals surface area contributed by atoms with Gasteiger partial charge in [-0.3, -0.25) is 9.59 Å². The molecule has 4 nitrogen and oxygen atoms in total. The van der Waals surface area contributed by atoms with Gasteiger partial charge in [0, 0.05) is 5.92 Å². The predicted molar refractivity (Wildman–Crippen MR) is 105 cm³/mol. The highest BCUT2D eigenvalue weighted by Crippen LogP contribution is 2.40. The molecule has 0 N–H and O–H groups in total. The Morgan fingerprint density at radius 3 is 2.52 bits per heavy atom. The van der Waals surface area contributed by atoms with Crippen LogP contribution < -0.4 is 4.74 Å². The molecule has 1 aliphatic carbocycles. The number of rotatable bonds is 5. The fraction of sp³-hybridized carbons (Fsp3) is 0.304. The van der Waals surface area contributed by atoms with E-state index in [9.17, 15) is 9.59 Å². The van der Waals surface area contributed by atoms with Crippen LogP contribution in [0.2, 0.25) is 0 Å². The minimum atomic E-state index is -0.813. The average molecular weight is 364 g/mol. The third-order valence-electron chi connectivity index (χ3n) is 4.94. The van der Waals surface area contributed by atoms with Crippen molar-refractivity contribution in [2.45, 2.75) is 26.2 Å². The molecule has 2 aromatic carbocycles. The number of aryl methyl sites for hydroxylation is 1. The third kappa shape index (κ3) is 4.11. The van der Waals surface area contributed by atoms with Crippen molar-refractivity contribution in [1.82, 2.24) is 0 Å². The highest BCUT2D eigenvalue weighted by Gasteiger charge is 2.39. The van der Waals surface area contributed by atoms with Gasteiger partial charge in [0.15, 0.2) is 5.78 Å². The van der Waals surface area contributed by atoms with E-state index in [1.807, 2.05) is 49.4 Å². The summed E-state index contributed by atoms with van der Waals surface area (Å²) in [7, 11) is 1.61. The van der Waals surface area contributed by atoms with Crippen LogP contribution in [0, 0.1) is 12.8 Å². The molecule has 0 heterocycles. The van der Waals surface area contributed by atoms with Gasteiger partial charge in [0.2, 0.25) is 0 Å². The van der Waals surface area contributed by atoms with Crippen LogP contribution in [0.4, 0.5) is 0 Å². The van der Waals surface area contributed by atoms with E-state index in [2.05, 4.69) is 6.07 Å². The lowest BCUT2D eigenvalue weighted by Gasteiger charge is -2.29. The van der Waals surface area contributed by atoms with E-state index in [0.29, 0.717) is 6.42 Å². The summed E-state index contributed by atoms with van der Waals surface area (Å²) < 4.78 is 10.4. The average Bonchev–Trinajstić information content (AvgIpc) is 2.67. The van der Waals surface area contributed by atoms with Crippen LogP contribution in [0.15, 0.2) is 54.6 Å². The number of esters is 1. The highest BCUT2D eigenvalue weighted by atomic mass is 16.5. The maximum absolute atomic E-state index is 12.9. The van der Waals surface area contributed by atoms with Crippen molar-refractivity contribution in [3.63, 3.8) is 0 Å². The topological polar surface area (TPSA) is 52.6 Å². The van der Waals surface area contributed by atoms with E-state index in [1.54, 1.807) is 20.1 Å². The van der Waals surface area contributed by atoms with Gasteiger partial charge in [0.1, 0.15) is 11.7 Å². The lowest BCUT2D eigenvalue weighted by molar-refractivity contribution is -0.151. The Hall–Kier alpha value is -2.88. The summed E-state index contributed by atoms with van der Waals surface area (Å²) in [5, 5.41) is 0. The zero-order chi connectivity index (χ0) is 19.4. The van der Waals surface area contributed by atoms with Crippen molar-refractivity contribution in [2.75, 3.05) is 13.7 Å². The summed E-state index contributed by atoms with van der Waals surface area (Å²) in [6.45, 7) is 4.03. The summed E-state index contributed by atoms with van der Waals surface area (Å²) >= 11 is 0. The Balaban J connectivity index is 2.01. The van der Waals surface area contributed by atoms with Gasteiger partial charge >= 0.3 is 5.97 Å². The molecule has 0 bridgehead atoms. The van der Waals surface area contributed by atoms with Gasteiger partial charge in [-0.15, -0.1) is 0 Å². The second-order valence-corrected chi connectivity index (χ2v) is 6.75. The number of benzene rings is 2. The Kier molecular flexibility index (Phi) is 5.75. The molecule has 0 unspecified atom stereocenters. The Morgan fingerprint density at radius 1 is 1.15 bits per heavy atom. The van der Waals surface area contributed by atoms with E-state index in [1.165, 1.54) is 0 Å². The van der Waals surface area contributed by atoms with Crippen LogP contribution >= 0.6 is 0 Å². The van der Waals surface area contributed by atoms with Gasteiger partial charge in [-0.05, 0) is 55.2 Å². The van der Waals surface area contributed by atoms with Gasteiger partial charge in [0.05, 0.1) is 13.7 Å². The normalized spacial score (nSPS) is 19.4. The Bertz CT molecular complexity index is 864. The SMILES string of the molecule is CCOC(=O)[C@@H]1C(=O)C=C(c2cccc(C)c2)C[C@H]1c1ccc(OC)cc1. The van der Waals surface area contributed by atoms with Crippen LogP contribution in [-0.2, 0) is 14.3 Å². The standard InChI is InChI=1S/C23H24O4/c1-4-27-23(25)22-20(16-8-10-19(26-3)11-9-16)13-18(14-21(22)24)17-7-5-6-15(2)12-17/h5-12,14,20,22H,4,13H2,1-3H3/t20-,22-/m0/s1. The smallest absolute Gasteiger partial charge is 0.317 e. The molecule has 140 valence electrons. The third-order valence-corrected chi connectivity index (χ3v) is 4.94. The second kappa shape index (κ2) is 8.21. The number of carbonyl (C=O) groups is 2. The first kappa shape index (κ1) is 18.9. The van der Waals surface area contributed by atoms with E-state index in [0.717, 1.165) is 28.0 Å². The van der Waals surface area contributed by atoms with E-state index in [4.69, 9.17) is 9.47 Å². The van der Waals surface area contributed by atoms with Crippen molar-refractivity contribution in [2.24, 2.45) is 5.92 Å². The zero-order valence-corrected chi connectivity index (χ0v) is 15.9. The first-order chi connectivity index (χ1) is 13.0.